The molecule has 1 aromatic heterocycles. The lowest BCUT2D eigenvalue weighted by atomic mass is 10.0. The summed E-state index contributed by atoms with van der Waals surface area (Å²) in [5.74, 6) is 0.670. The zero-order valence-electron chi connectivity index (χ0n) is 24.5. The lowest BCUT2D eigenvalue weighted by Gasteiger charge is -2.36. The minimum absolute atomic E-state index is 0.141. The van der Waals surface area contributed by atoms with Crippen molar-refractivity contribution in [2.45, 2.75) is 71.1 Å². The molecule has 0 atom stereocenters. The van der Waals surface area contributed by atoms with E-state index in [0.29, 0.717) is 37.6 Å². The molecule has 0 bridgehead atoms. The molecule has 1 fully saturated rings. The third-order valence-corrected chi connectivity index (χ3v) is 8.34. The van der Waals surface area contributed by atoms with Crippen molar-refractivity contribution in [2.24, 2.45) is 0 Å². The number of carbonyl (C=O) groups excluding carboxylic acids is 2. The van der Waals surface area contributed by atoms with Crippen molar-refractivity contribution in [3.05, 3.63) is 60.2 Å². The van der Waals surface area contributed by atoms with Crippen LogP contribution >= 0.6 is 0 Å². The number of aromatic nitrogens is 1. The Hall–Kier alpha value is -3.45. The maximum absolute atomic E-state index is 12.9. The summed E-state index contributed by atoms with van der Waals surface area (Å²) < 4.78 is 5.98. The number of amides is 2. The lowest BCUT2D eigenvalue weighted by Crippen LogP contribution is -2.46. The van der Waals surface area contributed by atoms with Gasteiger partial charge in [-0.05, 0) is 55.3 Å². The van der Waals surface area contributed by atoms with Gasteiger partial charge >= 0.3 is 0 Å². The number of hydrogen-bond donors (Lipinski definition) is 0. The molecule has 0 saturated carbocycles. The molecule has 2 aliphatic rings. The Bertz CT molecular complexity index is 1310. The van der Waals surface area contributed by atoms with Gasteiger partial charge in [0.05, 0.1) is 6.61 Å². The molecule has 2 aromatic carbocycles. The third-order valence-electron chi connectivity index (χ3n) is 8.34. The van der Waals surface area contributed by atoms with Crippen LogP contribution in [0.2, 0.25) is 0 Å². The van der Waals surface area contributed by atoms with Crippen LogP contribution in [0, 0.1) is 0 Å². The first-order valence-electron chi connectivity index (χ1n) is 15.6. The maximum Gasteiger partial charge on any atom is 0.235 e. The number of unbranched alkanes of at least 4 members (excludes halogenated alkanes) is 5. The molecule has 0 aliphatic carbocycles. The van der Waals surface area contributed by atoms with Gasteiger partial charge < -0.3 is 9.64 Å². The quantitative estimate of drug-likeness (QED) is 0.228. The van der Waals surface area contributed by atoms with Gasteiger partial charge in [0.1, 0.15) is 5.82 Å². The molecule has 0 radical (unpaired) electrons. The fraction of sp³-hybridized carbons (Fsp3) is 0.500. The molecule has 0 N–H and O–H groups in total. The number of carbonyl (C=O) groups is 2. The van der Waals surface area contributed by atoms with Gasteiger partial charge in [0, 0.05) is 56.2 Å². The summed E-state index contributed by atoms with van der Waals surface area (Å²) in [4.78, 5) is 36.6. The molecule has 3 heterocycles. The Kier molecular flexibility index (Phi) is 10.2. The van der Waals surface area contributed by atoms with Crippen LogP contribution in [-0.4, -0.2) is 61.0 Å². The van der Waals surface area contributed by atoms with Crippen LogP contribution in [0.5, 0.6) is 5.88 Å². The van der Waals surface area contributed by atoms with Crippen molar-refractivity contribution >= 4 is 34.1 Å². The van der Waals surface area contributed by atoms with Gasteiger partial charge in [-0.2, -0.15) is 4.98 Å². The summed E-state index contributed by atoms with van der Waals surface area (Å²) in [7, 11) is 0. The predicted octanol–water partition coefficient (Wildman–Crippen LogP) is 6.38. The minimum atomic E-state index is -0.152. The number of anilines is 2. The second-order valence-electron chi connectivity index (χ2n) is 11.3. The normalized spacial score (nSPS) is 15.8. The van der Waals surface area contributed by atoms with Gasteiger partial charge in [0.2, 0.25) is 17.7 Å². The summed E-state index contributed by atoms with van der Waals surface area (Å²) in [5.41, 5.74) is 2.28. The molecule has 7 nitrogen and oxygen atoms in total. The number of aryl methyl sites for hydroxylation is 1. The van der Waals surface area contributed by atoms with Gasteiger partial charge in [-0.1, -0.05) is 69.0 Å². The van der Waals surface area contributed by atoms with Crippen molar-refractivity contribution in [1.29, 1.82) is 0 Å². The topological polar surface area (TPSA) is 66.0 Å². The van der Waals surface area contributed by atoms with Gasteiger partial charge in [-0.25, -0.2) is 4.90 Å². The number of piperazine rings is 1. The van der Waals surface area contributed by atoms with Crippen molar-refractivity contribution in [1.82, 2.24) is 9.88 Å². The number of imide groups is 1. The highest BCUT2D eigenvalue weighted by molar-refractivity contribution is 6.15. The van der Waals surface area contributed by atoms with E-state index in [1.807, 2.05) is 12.1 Å². The number of fused-ring (bicyclic) bond motifs is 2. The first-order chi connectivity index (χ1) is 20.1. The number of nitrogens with zero attached hydrogens (tertiary/aromatic N) is 4. The second-order valence-corrected chi connectivity index (χ2v) is 11.3. The van der Waals surface area contributed by atoms with E-state index in [9.17, 15) is 9.59 Å². The molecular weight excluding hydrogens is 512 g/mol. The molecule has 0 unspecified atom stereocenters. The fourth-order valence-electron chi connectivity index (χ4n) is 5.96. The van der Waals surface area contributed by atoms with Crippen LogP contribution in [0.4, 0.5) is 11.5 Å². The van der Waals surface area contributed by atoms with E-state index in [4.69, 9.17) is 4.74 Å². The van der Waals surface area contributed by atoms with Crippen LogP contribution < -0.4 is 14.5 Å². The van der Waals surface area contributed by atoms with Crippen LogP contribution in [0.15, 0.2) is 54.6 Å². The molecule has 218 valence electrons. The third kappa shape index (κ3) is 7.45. The molecule has 5 rings (SSSR count). The Morgan fingerprint density at radius 2 is 1.66 bits per heavy atom. The summed E-state index contributed by atoms with van der Waals surface area (Å²) >= 11 is 0. The highest BCUT2D eigenvalue weighted by atomic mass is 16.5. The SMILES string of the molecule is CCCCCCCC(=O)N1C(=O)CCc2ccc(OCCCCN3CCN(c4cccc5ccccc45)CC3)nc21. The van der Waals surface area contributed by atoms with Gasteiger partial charge in [0.15, 0.2) is 0 Å². The second kappa shape index (κ2) is 14.4. The molecule has 1 saturated heterocycles. The summed E-state index contributed by atoms with van der Waals surface area (Å²) in [6, 6.07) is 19.0. The molecule has 7 heteroatoms. The van der Waals surface area contributed by atoms with E-state index >= 15 is 0 Å². The Morgan fingerprint density at radius 3 is 2.51 bits per heavy atom. The highest BCUT2D eigenvalue weighted by Gasteiger charge is 2.31. The molecule has 2 aliphatic heterocycles. The van der Waals surface area contributed by atoms with Crippen molar-refractivity contribution in [2.75, 3.05) is 49.1 Å². The fourth-order valence-corrected chi connectivity index (χ4v) is 5.96. The average Bonchev–Trinajstić information content (AvgIpc) is 3.00. The van der Waals surface area contributed by atoms with Crippen LogP contribution in [0.3, 0.4) is 0 Å². The largest absolute Gasteiger partial charge is 0.478 e. The van der Waals surface area contributed by atoms with E-state index in [1.165, 1.54) is 34.2 Å². The monoisotopic (exact) mass is 556 g/mol. The zero-order chi connectivity index (χ0) is 28.4. The number of ether oxygens (including phenoxy) is 1. The molecule has 0 spiro atoms. The standard InChI is InChI=1S/C34H44N4O3/c1-2-3-4-5-6-16-32(39)38-33(40)20-18-28-17-19-31(35-34(28)38)41-26-10-9-21-36-22-24-37(25-23-36)30-15-11-13-27-12-7-8-14-29(27)30/h7-8,11-15,17,19H,2-6,9-10,16,18,20-26H2,1H3. The number of pyridine rings is 1. The van der Waals surface area contributed by atoms with E-state index in [1.54, 1.807) is 0 Å². The smallest absolute Gasteiger partial charge is 0.235 e. The van der Waals surface area contributed by atoms with Crippen LogP contribution in [0.25, 0.3) is 10.8 Å². The van der Waals surface area contributed by atoms with Crippen molar-refractivity contribution < 1.29 is 14.3 Å². The number of rotatable bonds is 13. The molecule has 3 aromatic rings. The first-order valence-corrected chi connectivity index (χ1v) is 15.6. The lowest BCUT2D eigenvalue weighted by molar-refractivity contribution is -0.127. The van der Waals surface area contributed by atoms with Crippen molar-refractivity contribution in [3.8, 4) is 5.88 Å². The Labute approximate surface area is 244 Å². The highest BCUT2D eigenvalue weighted by Crippen LogP contribution is 2.30. The Balaban J connectivity index is 1.05. The average molecular weight is 557 g/mol. The molecular formula is C34H44N4O3. The van der Waals surface area contributed by atoms with E-state index in [2.05, 4.69) is 64.2 Å². The first kappa shape index (κ1) is 29.1. The van der Waals surface area contributed by atoms with Gasteiger partial charge in [-0.3, -0.25) is 14.5 Å². The van der Waals surface area contributed by atoms with Crippen LogP contribution in [0.1, 0.15) is 70.3 Å². The minimum Gasteiger partial charge on any atom is -0.478 e. The summed E-state index contributed by atoms with van der Waals surface area (Å²) in [6.45, 7) is 8.00. The van der Waals surface area contributed by atoms with Crippen molar-refractivity contribution in [3.63, 3.8) is 0 Å². The molecule has 2 amide bonds. The molecule has 41 heavy (non-hydrogen) atoms. The number of benzene rings is 2. The van der Waals surface area contributed by atoms with E-state index in [-0.39, 0.29) is 11.8 Å². The summed E-state index contributed by atoms with van der Waals surface area (Å²) in [6.07, 6.45) is 8.66. The Morgan fingerprint density at radius 1 is 0.854 bits per heavy atom. The zero-order valence-corrected chi connectivity index (χ0v) is 24.5. The predicted molar refractivity (Wildman–Crippen MR) is 166 cm³/mol. The van der Waals surface area contributed by atoms with Gasteiger partial charge in [0.25, 0.3) is 0 Å². The summed E-state index contributed by atoms with van der Waals surface area (Å²) in [5, 5.41) is 2.63. The van der Waals surface area contributed by atoms with Gasteiger partial charge in [-0.15, -0.1) is 0 Å². The number of hydrogen-bond acceptors (Lipinski definition) is 6. The van der Waals surface area contributed by atoms with E-state index < -0.39 is 0 Å². The van der Waals surface area contributed by atoms with Crippen LogP contribution in [-0.2, 0) is 16.0 Å². The maximum atomic E-state index is 12.9. The van der Waals surface area contributed by atoms with E-state index in [0.717, 1.165) is 70.4 Å².